The number of hydrogen-bond donors (Lipinski definition) is 0. The third kappa shape index (κ3) is 4.54. The summed E-state index contributed by atoms with van der Waals surface area (Å²) in [5.74, 6) is -0.0429. The summed E-state index contributed by atoms with van der Waals surface area (Å²) in [6.45, 7) is 4.95. The highest BCUT2D eigenvalue weighted by atomic mass is 19.1. The lowest BCUT2D eigenvalue weighted by molar-refractivity contribution is -0.134. The van der Waals surface area contributed by atoms with Crippen molar-refractivity contribution in [3.8, 4) is 0 Å². The highest BCUT2D eigenvalue weighted by Crippen LogP contribution is 2.24. The molecule has 0 bridgehead atoms. The monoisotopic (exact) mass is 361 g/mol. The van der Waals surface area contributed by atoms with E-state index in [9.17, 15) is 14.0 Å². The normalized spacial score (nSPS) is 18.2. The van der Waals surface area contributed by atoms with Crippen LogP contribution in [-0.4, -0.2) is 60.4 Å². The summed E-state index contributed by atoms with van der Waals surface area (Å²) in [7, 11) is 0. The molecule has 0 aromatic heterocycles. The van der Waals surface area contributed by atoms with Gasteiger partial charge in [0.25, 0.3) is 0 Å². The standard InChI is InChI=1S/C20H28FN3O2/c1-16(25)24(19-4-2-3-5-19)11-10-20(26)23-14-12-22(13-15-23)18-8-6-17(21)7-9-18/h6-9,19H,2-5,10-15H2,1H3. The van der Waals surface area contributed by atoms with Gasteiger partial charge in [0, 0.05) is 57.8 Å². The molecule has 1 aromatic carbocycles. The highest BCUT2D eigenvalue weighted by molar-refractivity contribution is 5.78. The summed E-state index contributed by atoms with van der Waals surface area (Å²) in [5, 5.41) is 0. The molecule has 1 saturated carbocycles. The van der Waals surface area contributed by atoms with Crippen LogP contribution in [0.25, 0.3) is 0 Å². The molecule has 142 valence electrons. The maximum absolute atomic E-state index is 13.0. The predicted octanol–water partition coefficient (Wildman–Crippen LogP) is 2.66. The second-order valence-electron chi connectivity index (χ2n) is 7.24. The smallest absolute Gasteiger partial charge is 0.224 e. The molecule has 1 aliphatic heterocycles. The molecule has 2 aliphatic rings. The molecule has 0 spiro atoms. The van der Waals surface area contributed by atoms with E-state index < -0.39 is 0 Å². The van der Waals surface area contributed by atoms with Crippen molar-refractivity contribution in [1.29, 1.82) is 0 Å². The van der Waals surface area contributed by atoms with Gasteiger partial charge in [-0.05, 0) is 37.1 Å². The summed E-state index contributed by atoms with van der Waals surface area (Å²) >= 11 is 0. The van der Waals surface area contributed by atoms with Gasteiger partial charge in [0.15, 0.2) is 0 Å². The zero-order chi connectivity index (χ0) is 18.5. The van der Waals surface area contributed by atoms with Gasteiger partial charge in [-0.15, -0.1) is 0 Å². The van der Waals surface area contributed by atoms with Gasteiger partial charge in [-0.2, -0.15) is 0 Å². The van der Waals surface area contributed by atoms with Gasteiger partial charge < -0.3 is 14.7 Å². The van der Waals surface area contributed by atoms with E-state index in [0.717, 1.165) is 31.6 Å². The Hall–Kier alpha value is -2.11. The first kappa shape index (κ1) is 18.7. The molecule has 0 unspecified atom stereocenters. The number of anilines is 1. The molecule has 1 aromatic rings. The fourth-order valence-corrected chi connectivity index (χ4v) is 4.05. The van der Waals surface area contributed by atoms with E-state index in [4.69, 9.17) is 0 Å². The highest BCUT2D eigenvalue weighted by Gasteiger charge is 2.26. The molecule has 0 N–H and O–H groups in total. The van der Waals surface area contributed by atoms with E-state index in [1.807, 2.05) is 9.80 Å². The van der Waals surface area contributed by atoms with Crippen molar-refractivity contribution in [3.63, 3.8) is 0 Å². The SMILES string of the molecule is CC(=O)N(CCC(=O)N1CCN(c2ccc(F)cc2)CC1)C1CCCC1. The van der Waals surface area contributed by atoms with Crippen LogP contribution in [0.2, 0.25) is 0 Å². The molecular weight excluding hydrogens is 333 g/mol. The maximum atomic E-state index is 13.0. The molecule has 1 saturated heterocycles. The fourth-order valence-electron chi connectivity index (χ4n) is 4.05. The molecule has 2 fully saturated rings. The Morgan fingerprint density at radius 1 is 1.08 bits per heavy atom. The number of halogens is 1. The first-order chi connectivity index (χ1) is 12.5. The van der Waals surface area contributed by atoms with Gasteiger partial charge in [-0.1, -0.05) is 12.8 Å². The van der Waals surface area contributed by atoms with E-state index in [1.54, 1.807) is 19.1 Å². The Kier molecular flexibility index (Phi) is 6.12. The van der Waals surface area contributed by atoms with Crippen LogP contribution in [0.5, 0.6) is 0 Å². The van der Waals surface area contributed by atoms with E-state index in [-0.39, 0.29) is 17.6 Å². The Bertz CT molecular complexity index is 620. The molecular formula is C20H28FN3O2. The van der Waals surface area contributed by atoms with Crippen LogP contribution in [0.1, 0.15) is 39.0 Å². The van der Waals surface area contributed by atoms with E-state index in [2.05, 4.69) is 4.90 Å². The van der Waals surface area contributed by atoms with Crippen molar-refractivity contribution in [2.24, 2.45) is 0 Å². The molecule has 5 nitrogen and oxygen atoms in total. The summed E-state index contributed by atoms with van der Waals surface area (Å²) in [4.78, 5) is 30.4. The lowest BCUT2D eigenvalue weighted by Gasteiger charge is -2.36. The minimum absolute atomic E-state index is 0.0748. The third-order valence-electron chi connectivity index (χ3n) is 5.56. The van der Waals surface area contributed by atoms with Gasteiger partial charge in [0.2, 0.25) is 11.8 Å². The lowest BCUT2D eigenvalue weighted by atomic mass is 10.2. The lowest BCUT2D eigenvalue weighted by Crippen LogP contribution is -2.49. The van der Waals surface area contributed by atoms with E-state index in [0.29, 0.717) is 32.1 Å². The van der Waals surface area contributed by atoms with Crippen molar-refractivity contribution >= 4 is 17.5 Å². The minimum Gasteiger partial charge on any atom is -0.368 e. The Balaban J connectivity index is 1.47. The van der Waals surface area contributed by atoms with Gasteiger partial charge in [0.1, 0.15) is 5.82 Å². The first-order valence-electron chi connectivity index (χ1n) is 9.60. The second-order valence-corrected chi connectivity index (χ2v) is 7.24. The summed E-state index contributed by atoms with van der Waals surface area (Å²) in [6.07, 6.45) is 4.86. The zero-order valence-electron chi connectivity index (χ0n) is 15.5. The van der Waals surface area contributed by atoms with Gasteiger partial charge in [0.05, 0.1) is 0 Å². The van der Waals surface area contributed by atoms with Crippen molar-refractivity contribution in [2.45, 2.75) is 45.1 Å². The Morgan fingerprint density at radius 2 is 1.69 bits per heavy atom. The van der Waals surface area contributed by atoms with Gasteiger partial charge >= 0.3 is 0 Å². The molecule has 26 heavy (non-hydrogen) atoms. The van der Waals surface area contributed by atoms with Crippen LogP contribution >= 0.6 is 0 Å². The van der Waals surface area contributed by atoms with Crippen LogP contribution in [0.4, 0.5) is 10.1 Å². The van der Waals surface area contributed by atoms with Crippen LogP contribution in [0, 0.1) is 5.82 Å². The first-order valence-corrected chi connectivity index (χ1v) is 9.60. The minimum atomic E-state index is -0.236. The number of piperazine rings is 1. The number of hydrogen-bond acceptors (Lipinski definition) is 3. The number of amides is 2. The Morgan fingerprint density at radius 3 is 2.27 bits per heavy atom. The number of nitrogens with zero attached hydrogens (tertiary/aromatic N) is 3. The maximum Gasteiger partial charge on any atom is 0.224 e. The summed E-state index contributed by atoms with van der Waals surface area (Å²) in [6, 6.07) is 6.80. The second kappa shape index (κ2) is 8.52. The van der Waals surface area contributed by atoms with Crippen molar-refractivity contribution in [2.75, 3.05) is 37.6 Å². The predicted molar refractivity (Wildman–Crippen MR) is 99.5 cm³/mol. The number of rotatable bonds is 5. The third-order valence-corrected chi connectivity index (χ3v) is 5.56. The van der Waals surface area contributed by atoms with Crippen LogP contribution in [0.3, 0.4) is 0 Å². The number of carbonyl (C=O) groups is 2. The largest absolute Gasteiger partial charge is 0.368 e. The van der Waals surface area contributed by atoms with E-state index in [1.165, 1.54) is 25.0 Å². The molecule has 1 heterocycles. The van der Waals surface area contributed by atoms with Crippen LogP contribution in [0.15, 0.2) is 24.3 Å². The van der Waals surface area contributed by atoms with Crippen molar-refractivity contribution in [1.82, 2.24) is 9.80 Å². The molecule has 0 atom stereocenters. The summed E-state index contributed by atoms with van der Waals surface area (Å²) in [5.41, 5.74) is 0.988. The van der Waals surface area contributed by atoms with E-state index >= 15 is 0 Å². The average molecular weight is 361 g/mol. The van der Waals surface area contributed by atoms with Crippen LogP contribution in [-0.2, 0) is 9.59 Å². The topological polar surface area (TPSA) is 43.9 Å². The Labute approximate surface area is 154 Å². The quantitative estimate of drug-likeness (QED) is 0.810. The average Bonchev–Trinajstić information content (AvgIpc) is 3.16. The van der Waals surface area contributed by atoms with Crippen LogP contribution < -0.4 is 4.90 Å². The number of carbonyl (C=O) groups excluding carboxylic acids is 2. The van der Waals surface area contributed by atoms with Gasteiger partial charge in [-0.3, -0.25) is 9.59 Å². The molecule has 3 rings (SSSR count). The molecule has 1 aliphatic carbocycles. The van der Waals surface area contributed by atoms with Gasteiger partial charge in [-0.25, -0.2) is 4.39 Å². The zero-order valence-corrected chi connectivity index (χ0v) is 15.5. The number of benzene rings is 1. The van der Waals surface area contributed by atoms with Crippen molar-refractivity contribution in [3.05, 3.63) is 30.1 Å². The molecule has 6 heteroatoms. The molecule has 0 radical (unpaired) electrons. The fraction of sp³-hybridized carbons (Fsp3) is 0.600. The van der Waals surface area contributed by atoms with Crippen molar-refractivity contribution < 1.29 is 14.0 Å². The molecule has 2 amide bonds. The summed E-state index contributed by atoms with van der Waals surface area (Å²) < 4.78 is 13.0.